The molecule has 46 heteroatoms. The van der Waals surface area contributed by atoms with Gasteiger partial charge < -0.3 is 134 Å². The van der Waals surface area contributed by atoms with Crippen molar-refractivity contribution in [2.45, 2.75) is 222 Å². The predicted octanol–water partition coefficient (Wildman–Crippen LogP) is -10.3. The van der Waals surface area contributed by atoms with Gasteiger partial charge in [-0.15, -0.1) is 0 Å². The number of nitrogens with zero attached hydrogens (tertiary/aromatic N) is 1. The summed E-state index contributed by atoms with van der Waals surface area (Å²) in [5.41, 5.74) is 27.3. The molecule has 0 fully saturated rings. The molecule has 15 amide bonds. The van der Waals surface area contributed by atoms with Gasteiger partial charge in [0.15, 0.2) is 5.96 Å². The predicted molar refractivity (Wildman–Crippen MR) is 385 cm³/mol. The third-order valence-electron chi connectivity index (χ3n) is 15.7. The minimum absolute atomic E-state index is 0.0297. The molecule has 0 spiro atoms. The topological polar surface area (TPSA) is 757 Å². The number of nitrogens with one attached hydrogen (secondary N) is 14. The van der Waals surface area contributed by atoms with Crippen LogP contribution in [0.4, 0.5) is 0 Å². The third kappa shape index (κ3) is 41.4. The minimum atomic E-state index is -1.85. The van der Waals surface area contributed by atoms with E-state index >= 15 is 0 Å². The Balaban J connectivity index is 6.45. The summed E-state index contributed by atoms with van der Waals surface area (Å²) in [4.78, 5) is 251. The number of aliphatic hydroxyl groups excluding tert-OH is 2. The molecule has 109 heavy (non-hydrogen) atoms. The smallest absolute Gasteiger partial charge is 0.326 e. The number of nitrogens with two attached hydrogens (primary N) is 5. The van der Waals surface area contributed by atoms with E-state index in [1.54, 1.807) is 20.1 Å². The number of hydrogen-bond donors (Lipinski definition) is 25. The average Bonchev–Trinajstić information content (AvgIpc) is 0.866. The zero-order chi connectivity index (χ0) is 83.4. The molecule has 0 aromatic heterocycles. The number of carboxylic acids is 4. The largest absolute Gasteiger partial charge is 0.481 e. The molecule has 0 radical (unpaired) electrons. The summed E-state index contributed by atoms with van der Waals surface area (Å²) in [6.07, 6.45) is -2.85. The maximum absolute atomic E-state index is 14.0. The first-order valence-corrected chi connectivity index (χ1v) is 36.0. The number of rotatable bonds is 56. The number of guanidine groups is 1. The van der Waals surface area contributed by atoms with Gasteiger partial charge in [-0.05, 0) is 123 Å². The van der Waals surface area contributed by atoms with Gasteiger partial charge in [0.05, 0.1) is 19.8 Å². The van der Waals surface area contributed by atoms with E-state index in [0.29, 0.717) is 12.2 Å². The van der Waals surface area contributed by atoms with E-state index in [0.717, 1.165) is 20.8 Å². The van der Waals surface area contributed by atoms with E-state index in [1.165, 1.54) is 18.7 Å². The number of aliphatic hydroxyl groups is 2. The Morgan fingerprint density at radius 2 is 0.716 bits per heavy atom. The van der Waals surface area contributed by atoms with Crippen molar-refractivity contribution in [3.05, 3.63) is 0 Å². The van der Waals surface area contributed by atoms with Crippen LogP contribution in [0.5, 0.6) is 0 Å². The highest BCUT2D eigenvalue weighted by Gasteiger charge is 2.36. The molecule has 0 bridgehead atoms. The summed E-state index contributed by atoms with van der Waals surface area (Å²) in [7, 11) is 0. The molecule has 0 heterocycles. The Kier molecular flexibility index (Phi) is 47.3. The molecule has 30 N–H and O–H groups in total. The Morgan fingerprint density at radius 1 is 0.376 bits per heavy atom. The molecule has 0 aliphatic rings. The molecular formula is C63H108N20O25S. The maximum Gasteiger partial charge on any atom is 0.326 e. The molecule has 14 atom stereocenters. The van der Waals surface area contributed by atoms with Crippen molar-refractivity contribution < 1.29 is 122 Å². The Hall–Kier alpha value is -10.6. The molecule has 45 nitrogen and oxygen atoms in total. The third-order valence-corrected chi connectivity index (χ3v) is 16.3. The van der Waals surface area contributed by atoms with Crippen molar-refractivity contribution in [3.63, 3.8) is 0 Å². The lowest BCUT2D eigenvalue weighted by Gasteiger charge is -2.27. The Bertz CT molecular complexity index is 3180. The number of amides is 15. The van der Waals surface area contributed by atoms with E-state index in [-0.39, 0.29) is 57.6 Å². The van der Waals surface area contributed by atoms with E-state index < -0.39 is 274 Å². The summed E-state index contributed by atoms with van der Waals surface area (Å²) in [5, 5.41) is 89.6. The number of primary amides is 1. The minimum Gasteiger partial charge on any atom is -0.481 e. The molecule has 0 aromatic rings. The highest BCUT2D eigenvalue weighted by molar-refractivity contribution is 7.98. The summed E-state index contributed by atoms with van der Waals surface area (Å²) in [6.45, 7) is 5.20. The monoisotopic (exact) mass is 1580 g/mol. The van der Waals surface area contributed by atoms with Crippen LogP contribution in [0.15, 0.2) is 4.99 Å². The first-order valence-electron chi connectivity index (χ1n) is 34.6. The standard InChI is InChI=1S/C63H108N20O25S/c1-29(2)25-42(82-61(106)43(28-85)83-52(97)33(6)74-56(101)37(13-17-44(66)86)79-59(104)40(21-24-109-7)78-53(98)34(65)27-84)60(105)80-39(15-19-47(90)91)58(103)73-31(4)50(95)77-38(14-18-46(88)89)57(102)72-30(3)49(94)76-35(11-8-9-22-64)54(99)70-26-45(87)75-36(12-10-23-69-63(67)68)55(100)71-32(5)51(96)81-41(62(107)108)16-20-48(92)93/h29-43,84-85H,8-28,64-65H2,1-7H3,(H2,66,86)(H,70,99)(H,71,100)(H,72,102)(H,73,103)(H,74,101)(H,75,87)(H,76,94)(H,77,95)(H,78,98)(H,79,104)(H,80,105)(H,81,96)(H,82,106)(H,83,97)(H,88,89)(H,90,91)(H,92,93)(H,107,108)(H4,67,68,69)/t30-,31-,32-,33-,34-,35-,36-,37-,38-,39-,40-,41-,42-,43-/m0/s1. The van der Waals surface area contributed by atoms with Crippen molar-refractivity contribution >= 4 is 130 Å². The molecule has 0 saturated carbocycles. The van der Waals surface area contributed by atoms with Crippen molar-refractivity contribution in [2.24, 2.45) is 39.6 Å². The van der Waals surface area contributed by atoms with Crippen LogP contribution in [-0.4, -0.2) is 279 Å². The number of carboxylic acid groups (broad SMARTS) is 4. The van der Waals surface area contributed by atoms with Gasteiger partial charge in [-0.25, -0.2) is 4.79 Å². The number of aliphatic imine (C=N–C) groups is 1. The molecule has 0 unspecified atom stereocenters. The van der Waals surface area contributed by atoms with Crippen molar-refractivity contribution in [2.75, 3.05) is 44.9 Å². The van der Waals surface area contributed by atoms with Crippen LogP contribution in [0.3, 0.4) is 0 Å². The summed E-state index contributed by atoms with van der Waals surface area (Å²) < 4.78 is 0. The van der Waals surface area contributed by atoms with E-state index in [4.69, 9.17) is 33.8 Å². The van der Waals surface area contributed by atoms with Crippen molar-refractivity contribution in [3.8, 4) is 0 Å². The van der Waals surface area contributed by atoms with Gasteiger partial charge in [0.25, 0.3) is 0 Å². The lowest BCUT2D eigenvalue weighted by molar-refractivity contribution is -0.143. The summed E-state index contributed by atoms with van der Waals surface area (Å²) in [6, 6.07) is -21.9. The average molecular weight is 1580 g/mol. The van der Waals surface area contributed by atoms with Gasteiger partial charge in [0, 0.05) is 32.2 Å². The van der Waals surface area contributed by atoms with Gasteiger partial charge in [0.1, 0.15) is 84.6 Å². The van der Waals surface area contributed by atoms with E-state index in [1.807, 2.05) is 0 Å². The van der Waals surface area contributed by atoms with Gasteiger partial charge in [-0.3, -0.25) is 91.3 Å². The molecule has 0 aliphatic heterocycles. The molecule has 0 rings (SSSR count). The van der Waals surface area contributed by atoms with Crippen LogP contribution in [0, 0.1) is 5.92 Å². The first-order chi connectivity index (χ1) is 51.0. The lowest BCUT2D eigenvalue weighted by Crippen LogP contribution is -2.60. The van der Waals surface area contributed by atoms with Gasteiger partial charge >= 0.3 is 23.9 Å². The first kappa shape index (κ1) is 98.4. The highest BCUT2D eigenvalue weighted by Crippen LogP contribution is 2.12. The second kappa shape index (κ2) is 52.4. The molecule has 0 saturated heterocycles. The zero-order valence-electron chi connectivity index (χ0n) is 61.7. The second-order valence-electron chi connectivity index (χ2n) is 25.5. The van der Waals surface area contributed by atoms with Crippen LogP contribution in [-0.2, 0) is 91.1 Å². The number of carbonyl (C=O) groups is 19. The van der Waals surface area contributed by atoms with Gasteiger partial charge in [-0.2, -0.15) is 11.8 Å². The van der Waals surface area contributed by atoms with Crippen LogP contribution >= 0.6 is 11.8 Å². The molecule has 0 aromatic carbocycles. The Labute approximate surface area is 631 Å². The SMILES string of the molecule is CSCC[C@H](NC(=O)[C@@H](N)CO)C(=O)N[C@@H](CCC(N)=O)C(=O)N[C@@H](C)C(=O)N[C@@H](CO)C(=O)N[C@@H](CC(C)C)C(=O)N[C@@H](CCC(=O)O)C(=O)N[C@@H](C)C(=O)N[C@@H](CCC(=O)O)C(=O)N[C@@H](C)C(=O)N[C@@H](CCCCN)C(=O)NCC(=O)N[C@@H](CCCN=C(N)N)C(=O)N[C@@H](C)C(=O)N[C@@H](CCC(=O)O)C(=O)O. The number of carbonyl (C=O) groups excluding carboxylic acids is 15. The van der Waals surface area contributed by atoms with E-state index in [2.05, 4.69) is 79.4 Å². The normalized spacial score (nSPS) is 14.8. The van der Waals surface area contributed by atoms with Crippen LogP contribution in [0.1, 0.15) is 138 Å². The van der Waals surface area contributed by atoms with Crippen LogP contribution in [0.2, 0.25) is 0 Å². The molecular weight excluding hydrogens is 1470 g/mol. The van der Waals surface area contributed by atoms with Crippen LogP contribution in [0.25, 0.3) is 0 Å². The number of unbranched alkanes of at least 4 members (excludes halogenated alkanes) is 1. The van der Waals surface area contributed by atoms with Crippen LogP contribution < -0.4 is 103 Å². The number of hydrogen-bond acceptors (Lipinski definition) is 25. The second-order valence-corrected chi connectivity index (χ2v) is 26.5. The van der Waals surface area contributed by atoms with Gasteiger partial charge in [-0.1, -0.05) is 13.8 Å². The highest BCUT2D eigenvalue weighted by atomic mass is 32.2. The fraction of sp³-hybridized carbons (Fsp3) is 0.683. The van der Waals surface area contributed by atoms with Crippen molar-refractivity contribution in [1.82, 2.24) is 74.4 Å². The Morgan fingerprint density at radius 3 is 1.10 bits per heavy atom. The summed E-state index contributed by atoms with van der Waals surface area (Å²) in [5.74, 6) is -21.8. The maximum atomic E-state index is 14.0. The fourth-order valence-corrected chi connectivity index (χ4v) is 9.98. The zero-order valence-corrected chi connectivity index (χ0v) is 62.5. The summed E-state index contributed by atoms with van der Waals surface area (Å²) >= 11 is 1.31. The fourth-order valence-electron chi connectivity index (χ4n) is 9.51. The molecule has 0 aliphatic carbocycles. The van der Waals surface area contributed by atoms with Gasteiger partial charge in [0.2, 0.25) is 88.6 Å². The molecule has 616 valence electrons. The number of aliphatic carboxylic acids is 4. The quantitative estimate of drug-likeness (QED) is 0.0153. The lowest BCUT2D eigenvalue weighted by atomic mass is 10.0. The number of thioether (sulfide) groups is 1. The van der Waals surface area contributed by atoms with E-state index in [9.17, 15) is 117 Å². The van der Waals surface area contributed by atoms with Crippen molar-refractivity contribution in [1.29, 1.82) is 0 Å².